The first-order chi connectivity index (χ1) is 11.8. The van der Waals surface area contributed by atoms with Crippen LogP contribution in [-0.4, -0.2) is 47.3 Å². The van der Waals surface area contributed by atoms with Crippen molar-refractivity contribution < 1.29 is 5.11 Å². The van der Waals surface area contributed by atoms with Gasteiger partial charge in [0.25, 0.3) is 0 Å². The van der Waals surface area contributed by atoms with Gasteiger partial charge in [0.15, 0.2) is 0 Å². The van der Waals surface area contributed by atoms with Crippen LogP contribution < -0.4 is 4.90 Å². The lowest BCUT2D eigenvalue weighted by Crippen LogP contribution is -2.53. The second-order valence-electron chi connectivity index (χ2n) is 8.48. The minimum Gasteiger partial charge on any atom is -0.393 e. The molecule has 0 saturated carbocycles. The third kappa shape index (κ3) is 2.57. The van der Waals surface area contributed by atoms with Crippen molar-refractivity contribution in [2.24, 2.45) is 0 Å². The van der Waals surface area contributed by atoms with Crippen LogP contribution in [0.2, 0.25) is 0 Å². The van der Waals surface area contributed by atoms with E-state index in [0.29, 0.717) is 12.1 Å². The third-order valence-corrected chi connectivity index (χ3v) is 7.10. The normalized spacial score (nSPS) is 33.9. The number of hydrogen-bond donors (Lipinski definition) is 1. The lowest BCUT2D eigenvalue weighted by molar-refractivity contribution is 0.00419. The zero-order valence-corrected chi connectivity index (χ0v) is 14.7. The van der Waals surface area contributed by atoms with Gasteiger partial charge in [0.1, 0.15) is 0 Å². The minimum atomic E-state index is -0.0368. The molecular weight excluding hydrogens is 296 g/mol. The fourth-order valence-electron chi connectivity index (χ4n) is 5.96. The Morgan fingerprint density at radius 2 is 1.54 bits per heavy atom. The van der Waals surface area contributed by atoms with Crippen molar-refractivity contribution in [3.63, 3.8) is 0 Å². The van der Waals surface area contributed by atoms with Crippen molar-refractivity contribution in [1.29, 1.82) is 0 Å². The maximum absolute atomic E-state index is 10.0. The van der Waals surface area contributed by atoms with Crippen molar-refractivity contribution >= 4 is 5.69 Å². The molecule has 130 valence electrons. The predicted molar refractivity (Wildman–Crippen MR) is 97.6 cm³/mol. The predicted octanol–water partition coefficient (Wildman–Crippen LogP) is 3.13. The van der Waals surface area contributed by atoms with Crippen molar-refractivity contribution in [3.05, 3.63) is 29.3 Å². The Kier molecular flexibility index (Phi) is 3.82. The molecule has 1 aromatic carbocycles. The Hall–Kier alpha value is -1.06. The molecule has 1 aliphatic carbocycles. The van der Waals surface area contributed by atoms with E-state index in [4.69, 9.17) is 0 Å². The Morgan fingerprint density at radius 3 is 2.29 bits per heavy atom. The summed E-state index contributed by atoms with van der Waals surface area (Å²) in [4.78, 5) is 5.42. The van der Waals surface area contributed by atoms with E-state index in [-0.39, 0.29) is 6.10 Å². The number of fused-ring (bicyclic) bond motifs is 3. The van der Waals surface area contributed by atoms with Crippen LogP contribution in [0.15, 0.2) is 18.2 Å². The molecule has 0 spiro atoms. The summed E-state index contributed by atoms with van der Waals surface area (Å²) in [5.41, 5.74) is 4.63. The molecule has 3 fully saturated rings. The average molecular weight is 326 g/mol. The molecule has 5 rings (SSSR count). The van der Waals surface area contributed by atoms with Gasteiger partial charge < -0.3 is 10.0 Å². The second-order valence-corrected chi connectivity index (χ2v) is 8.48. The van der Waals surface area contributed by atoms with E-state index >= 15 is 0 Å². The van der Waals surface area contributed by atoms with Gasteiger partial charge in [0.2, 0.25) is 0 Å². The number of piperidine rings is 2. The van der Waals surface area contributed by atoms with Gasteiger partial charge in [-0.2, -0.15) is 0 Å². The van der Waals surface area contributed by atoms with Crippen LogP contribution in [-0.2, 0) is 12.8 Å². The molecule has 3 aliphatic heterocycles. The summed E-state index contributed by atoms with van der Waals surface area (Å²) in [6, 6.07) is 9.26. The number of rotatable bonds is 2. The lowest BCUT2D eigenvalue weighted by Gasteiger charge is -2.46. The molecule has 3 heterocycles. The van der Waals surface area contributed by atoms with E-state index in [2.05, 4.69) is 28.0 Å². The standard InChI is InChI=1S/C21H30N2O/c24-21-13-19-6-7-20(14-21)23(19)17-8-10-22(11-9-17)18-5-4-15-2-1-3-16(15)12-18/h4-5,12,17,19-21,24H,1-3,6-11,13-14H2/t19-,20+,21?. The topological polar surface area (TPSA) is 26.7 Å². The van der Waals surface area contributed by atoms with Crippen LogP contribution in [0, 0.1) is 0 Å². The number of aliphatic hydroxyl groups excluding tert-OH is 1. The first-order valence-electron chi connectivity index (χ1n) is 10.1. The maximum Gasteiger partial charge on any atom is 0.0570 e. The van der Waals surface area contributed by atoms with Crippen LogP contribution in [0.3, 0.4) is 0 Å². The minimum absolute atomic E-state index is 0.0368. The fraction of sp³-hybridized carbons (Fsp3) is 0.714. The number of anilines is 1. The molecule has 0 radical (unpaired) electrons. The van der Waals surface area contributed by atoms with Crippen molar-refractivity contribution in [3.8, 4) is 0 Å². The molecule has 2 bridgehead atoms. The first kappa shape index (κ1) is 15.2. The molecule has 3 atom stereocenters. The number of aliphatic hydroxyl groups is 1. The monoisotopic (exact) mass is 326 g/mol. The smallest absolute Gasteiger partial charge is 0.0570 e. The summed E-state index contributed by atoms with van der Waals surface area (Å²) in [6.07, 6.45) is 11.1. The molecule has 0 amide bonds. The van der Waals surface area contributed by atoms with E-state index in [1.54, 1.807) is 11.1 Å². The van der Waals surface area contributed by atoms with Gasteiger partial charge in [-0.05, 0) is 81.0 Å². The highest BCUT2D eigenvalue weighted by Crippen LogP contribution is 2.40. The number of aryl methyl sites for hydroxylation is 2. The summed E-state index contributed by atoms with van der Waals surface area (Å²) >= 11 is 0. The van der Waals surface area contributed by atoms with E-state index in [0.717, 1.165) is 18.9 Å². The first-order valence-corrected chi connectivity index (χ1v) is 10.1. The molecule has 3 saturated heterocycles. The Bertz CT molecular complexity index is 594. The third-order valence-electron chi connectivity index (χ3n) is 7.10. The maximum atomic E-state index is 10.0. The summed E-state index contributed by atoms with van der Waals surface area (Å²) in [5, 5.41) is 10.0. The van der Waals surface area contributed by atoms with E-state index in [1.807, 2.05) is 0 Å². The zero-order valence-electron chi connectivity index (χ0n) is 14.7. The highest BCUT2D eigenvalue weighted by molar-refractivity contribution is 5.52. The number of hydrogen-bond acceptors (Lipinski definition) is 3. The quantitative estimate of drug-likeness (QED) is 0.904. The molecular formula is C21H30N2O. The zero-order chi connectivity index (χ0) is 16.1. The van der Waals surface area contributed by atoms with Crippen LogP contribution in [0.1, 0.15) is 56.1 Å². The molecule has 24 heavy (non-hydrogen) atoms. The van der Waals surface area contributed by atoms with Gasteiger partial charge in [-0.15, -0.1) is 0 Å². The van der Waals surface area contributed by atoms with Gasteiger partial charge in [0, 0.05) is 36.9 Å². The fourth-order valence-corrected chi connectivity index (χ4v) is 5.96. The van der Waals surface area contributed by atoms with Crippen LogP contribution in [0.5, 0.6) is 0 Å². The van der Waals surface area contributed by atoms with Crippen LogP contribution in [0.25, 0.3) is 0 Å². The van der Waals surface area contributed by atoms with Gasteiger partial charge in [0.05, 0.1) is 6.10 Å². The van der Waals surface area contributed by atoms with Gasteiger partial charge >= 0.3 is 0 Å². The van der Waals surface area contributed by atoms with Crippen LogP contribution >= 0.6 is 0 Å². The van der Waals surface area contributed by atoms with Crippen molar-refractivity contribution in [1.82, 2.24) is 4.90 Å². The summed E-state index contributed by atoms with van der Waals surface area (Å²) in [7, 11) is 0. The molecule has 0 aromatic heterocycles. The van der Waals surface area contributed by atoms with Gasteiger partial charge in [-0.3, -0.25) is 4.90 Å². The molecule has 3 nitrogen and oxygen atoms in total. The molecule has 4 aliphatic rings. The molecule has 3 heteroatoms. The number of benzene rings is 1. The van der Waals surface area contributed by atoms with E-state index in [1.165, 1.54) is 63.7 Å². The van der Waals surface area contributed by atoms with E-state index < -0.39 is 0 Å². The SMILES string of the molecule is OC1C[C@H]2CC[C@@H](C1)N2C1CCN(c2ccc3c(c2)CCC3)CC1. The van der Waals surface area contributed by atoms with Crippen molar-refractivity contribution in [2.75, 3.05) is 18.0 Å². The largest absolute Gasteiger partial charge is 0.393 e. The Morgan fingerprint density at radius 1 is 0.833 bits per heavy atom. The van der Waals surface area contributed by atoms with Crippen LogP contribution in [0.4, 0.5) is 5.69 Å². The molecule has 1 N–H and O–H groups in total. The lowest BCUT2D eigenvalue weighted by atomic mass is 9.93. The number of nitrogens with zero attached hydrogens (tertiary/aromatic N) is 2. The van der Waals surface area contributed by atoms with Crippen molar-refractivity contribution in [2.45, 2.75) is 82.0 Å². The molecule has 1 aromatic rings. The Labute approximate surface area is 145 Å². The van der Waals surface area contributed by atoms with Gasteiger partial charge in [-0.1, -0.05) is 6.07 Å². The average Bonchev–Trinajstić information content (AvgIpc) is 3.17. The Balaban J connectivity index is 1.25. The summed E-state index contributed by atoms with van der Waals surface area (Å²) in [5.74, 6) is 0. The summed E-state index contributed by atoms with van der Waals surface area (Å²) in [6.45, 7) is 2.39. The second kappa shape index (κ2) is 6.03. The highest BCUT2D eigenvalue weighted by Gasteiger charge is 2.43. The summed E-state index contributed by atoms with van der Waals surface area (Å²) < 4.78 is 0. The molecule has 1 unspecified atom stereocenters. The van der Waals surface area contributed by atoms with E-state index in [9.17, 15) is 5.11 Å². The van der Waals surface area contributed by atoms with Gasteiger partial charge in [-0.25, -0.2) is 0 Å². The highest BCUT2D eigenvalue weighted by atomic mass is 16.3.